The molecule has 0 spiro atoms. The van der Waals surface area contributed by atoms with E-state index in [9.17, 15) is 18.0 Å². The maximum atomic E-state index is 12.2. The van der Waals surface area contributed by atoms with Crippen LogP contribution in [0.25, 0.3) is 0 Å². The summed E-state index contributed by atoms with van der Waals surface area (Å²) in [6.07, 6.45) is 3.52. The summed E-state index contributed by atoms with van der Waals surface area (Å²) >= 11 is 0. The van der Waals surface area contributed by atoms with Gasteiger partial charge in [0, 0.05) is 38.4 Å². The highest BCUT2D eigenvalue weighted by atomic mass is 32.2. The second-order valence-corrected chi connectivity index (χ2v) is 9.06. The number of carbonyl (C=O) groups excluding carboxylic acids is 2. The predicted octanol–water partition coefficient (Wildman–Crippen LogP) is 0.617. The molecule has 0 aromatic carbocycles. The van der Waals surface area contributed by atoms with E-state index in [1.165, 1.54) is 0 Å². The average molecular weight is 367 g/mol. The zero-order chi connectivity index (χ0) is 18.4. The van der Waals surface area contributed by atoms with Gasteiger partial charge < -0.3 is 10.2 Å². The SMILES string of the molecule is CC(C)CS(=O)(=O)CCNC(=O)[C@H]1CC(=O)N(Cc2cccnc2)C1. The smallest absolute Gasteiger partial charge is 0.225 e. The molecule has 0 bridgehead atoms. The third-order valence-corrected chi connectivity index (χ3v) is 5.98. The Bertz CT molecular complexity index is 704. The average Bonchev–Trinajstić information content (AvgIpc) is 2.88. The molecule has 7 nitrogen and oxygen atoms in total. The van der Waals surface area contributed by atoms with E-state index in [-0.39, 0.29) is 42.2 Å². The van der Waals surface area contributed by atoms with Gasteiger partial charge in [0.15, 0.2) is 9.84 Å². The van der Waals surface area contributed by atoms with E-state index >= 15 is 0 Å². The fraction of sp³-hybridized carbons (Fsp3) is 0.588. The molecule has 8 heteroatoms. The van der Waals surface area contributed by atoms with Gasteiger partial charge in [0.2, 0.25) is 11.8 Å². The van der Waals surface area contributed by atoms with Crippen LogP contribution in [0, 0.1) is 11.8 Å². The van der Waals surface area contributed by atoms with Crippen molar-refractivity contribution < 1.29 is 18.0 Å². The highest BCUT2D eigenvalue weighted by Crippen LogP contribution is 2.20. The quantitative estimate of drug-likeness (QED) is 0.726. The fourth-order valence-corrected chi connectivity index (χ4v) is 4.47. The molecule has 0 aliphatic carbocycles. The largest absolute Gasteiger partial charge is 0.355 e. The van der Waals surface area contributed by atoms with E-state index in [1.807, 2.05) is 19.9 Å². The lowest BCUT2D eigenvalue weighted by Gasteiger charge is -2.16. The molecule has 1 saturated heterocycles. The van der Waals surface area contributed by atoms with Crippen molar-refractivity contribution in [2.75, 3.05) is 24.6 Å². The molecule has 1 fully saturated rings. The Balaban J connectivity index is 1.80. The molecule has 0 unspecified atom stereocenters. The van der Waals surface area contributed by atoms with Crippen molar-refractivity contribution in [3.05, 3.63) is 30.1 Å². The molecular formula is C17H25N3O4S. The van der Waals surface area contributed by atoms with Crippen LogP contribution in [0.5, 0.6) is 0 Å². The van der Waals surface area contributed by atoms with Gasteiger partial charge in [-0.2, -0.15) is 0 Å². The van der Waals surface area contributed by atoms with Crippen LogP contribution in [0.15, 0.2) is 24.5 Å². The molecule has 2 heterocycles. The first kappa shape index (κ1) is 19.4. The minimum absolute atomic E-state index is 0.0641. The van der Waals surface area contributed by atoms with Crippen LogP contribution in [0.4, 0.5) is 0 Å². The molecule has 25 heavy (non-hydrogen) atoms. The van der Waals surface area contributed by atoms with Crippen LogP contribution < -0.4 is 5.32 Å². The van der Waals surface area contributed by atoms with Gasteiger partial charge in [0.25, 0.3) is 0 Å². The molecule has 0 saturated carbocycles. The van der Waals surface area contributed by atoms with Gasteiger partial charge in [-0.15, -0.1) is 0 Å². The minimum Gasteiger partial charge on any atom is -0.355 e. The Hall–Kier alpha value is -1.96. The monoisotopic (exact) mass is 367 g/mol. The Morgan fingerprint density at radius 1 is 1.44 bits per heavy atom. The molecule has 138 valence electrons. The van der Waals surface area contributed by atoms with E-state index in [1.54, 1.807) is 23.4 Å². The number of nitrogens with one attached hydrogen (secondary N) is 1. The first-order valence-corrected chi connectivity index (χ1v) is 10.2. The van der Waals surface area contributed by atoms with E-state index in [2.05, 4.69) is 10.3 Å². The molecule has 1 aliphatic heterocycles. The number of likely N-dealkylation sites (tertiary alicyclic amines) is 1. The lowest BCUT2D eigenvalue weighted by molar-refractivity contribution is -0.129. The van der Waals surface area contributed by atoms with Crippen LogP contribution in [-0.4, -0.2) is 54.7 Å². The minimum atomic E-state index is -3.16. The zero-order valence-corrected chi connectivity index (χ0v) is 15.5. The molecule has 1 aromatic rings. The highest BCUT2D eigenvalue weighted by Gasteiger charge is 2.34. The molecular weight excluding hydrogens is 342 g/mol. The molecule has 1 N–H and O–H groups in total. The van der Waals surface area contributed by atoms with Crippen molar-refractivity contribution in [1.82, 2.24) is 15.2 Å². The summed E-state index contributed by atoms with van der Waals surface area (Å²) in [5.41, 5.74) is 0.914. The summed E-state index contributed by atoms with van der Waals surface area (Å²) < 4.78 is 23.7. The lowest BCUT2D eigenvalue weighted by atomic mass is 10.1. The summed E-state index contributed by atoms with van der Waals surface area (Å²) in [6.45, 7) is 4.55. The van der Waals surface area contributed by atoms with Crippen LogP contribution in [-0.2, 0) is 26.0 Å². The molecule has 2 rings (SSSR count). The number of carbonyl (C=O) groups is 2. The van der Waals surface area contributed by atoms with Crippen LogP contribution in [0.3, 0.4) is 0 Å². The van der Waals surface area contributed by atoms with Crippen molar-refractivity contribution in [1.29, 1.82) is 0 Å². The standard InChI is InChI=1S/C17H25N3O4S/c1-13(2)12-25(23,24)7-6-19-17(22)15-8-16(21)20(11-15)10-14-4-3-5-18-9-14/h3-5,9,13,15H,6-8,10-12H2,1-2H3,(H,19,22)/t15-/m0/s1. The van der Waals surface area contributed by atoms with Crippen molar-refractivity contribution in [3.63, 3.8) is 0 Å². The number of hydrogen-bond acceptors (Lipinski definition) is 5. The second kappa shape index (κ2) is 8.42. The Kier molecular flexibility index (Phi) is 6.52. The number of nitrogens with zero attached hydrogens (tertiary/aromatic N) is 2. The first-order chi connectivity index (χ1) is 11.8. The van der Waals surface area contributed by atoms with Gasteiger partial charge in [-0.05, 0) is 17.5 Å². The Morgan fingerprint density at radius 2 is 2.20 bits per heavy atom. The molecule has 1 aromatic heterocycles. The predicted molar refractivity (Wildman–Crippen MR) is 94.3 cm³/mol. The van der Waals surface area contributed by atoms with Gasteiger partial charge in [-0.1, -0.05) is 19.9 Å². The first-order valence-electron chi connectivity index (χ1n) is 8.41. The summed E-state index contributed by atoms with van der Waals surface area (Å²) in [5.74, 6) is -0.662. The van der Waals surface area contributed by atoms with Gasteiger partial charge in [-0.25, -0.2) is 8.42 Å². The maximum Gasteiger partial charge on any atom is 0.225 e. The van der Waals surface area contributed by atoms with Crippen molar-refractivity contribution in [3.8, 4) is 0 Å². The Morgan fingerprint density at radius 3 is 2.84 bits per heavy atom. The van der Waals surface area contributed by atoms with Crippen molar-refractivity contribution >= 4 is 21.7 Å². The van der Waals surface area contributed by atoms with E-state index < -0.39 is 15.8 Å². The third-order valence-electron chi connectivity index (χ3n) is 3.98. The molecule has 2 amide bonds. The topological polar surface area (TPSA) is 96.4 Å². The van der Waals surface area contributed by atoms with Crippen LogP contribution >= 0.6 is 0 Å². The number of amides is 2. The second-order valence-electron chi connectivity index (χ2n) is 6.84. The zero-order valence-electron chi connectivity index (χ0n) is 14.6. The summed E-state index contributed by atoms with van der Waals surface area (Å²) in [7, 11) is -3.16. The maximum absolute atomic E-state index is 12.2. The molecule has 1 aliphatic rings. The highest BCUT2D eigenvalue weighted by molar-refractivity contribution is 7.91. The van der Waals surface area contributed by atoms with Crippen molar-refractivity contribution in [2.45, 2.75) is 26.8 Å². The third kappa shape index (κ3) is 6.12. The summed E-state index contributed by atoms with van der Waals surface area (Å²) in [5, 5.41) is 2.65. The van der Waals surface area contributed by atoms with E-state index in [0.717, 1.165) is 5.56 Å². The number of pyridine rings is 1. The number of hydrogen-bond donors (Lipinski definition) is 1. The van der Waals surface area contributed by atoms with Gasteiger partial charge in [-0.3, -0.25) is 14.6 Å². The lowest BCUT2D eigenvalue weighted by Crippen LogP contribution is -2.36. The van der Waals surface area contributed by atoms with Gasteiger partial charge >= 0.3 is 0 Å². The Labute approximate surface area is 148 Å². The number of sulfone groups is 1. The van der Waals surface area contributed by atoms with Crippen LogP contribution in [0.2, 0.25) is 0 Å². The van der Waals surface area contributed by atoms with Gasteiger partial charge in [0.05, 0.1) is 17.4 Å². The van der Waals surface area contributed by atoms with Gasteiger partial charge in [0.1, 0.15) is 0 Å². The van der Waals surface area contributed by atoms with Crippen LogP contribution in [0.1, 0.15) is 25.8 Å². The summed E-state index contributed by atoms with van der Waals surface area (Å²) in [6, 6.07) is 3.69. The molecule has 0 radical (unpaired) electrons. The normalized spacial score (nSPS) is 18.0. The van der Waals surface area contributed by atoms with E-state index in [4.69, 9.17) is 0 Å². The number of rotatable bonds is 8. The molecule has 1 atom stereocenters. The fourth-order valence-electron chi connectivity index (χ4n) is 2.88. The van der Waals surface area contributed by atoms with Crippen molar-refractivity contribution in [2.24, 2.45) is 11.8 Å². The number of aromatic nitrogens is 1. The van der Waals surface area contributed by atoms with E-state index in [0.29, 0.717) is 13.1 Å². The summed E-state index contributed by atoms with van der Waals surface area (Å²) in [4.78, 5) is 29.9.